The Hall–Kier alpha value is -0.890. The molecule has 0 heterocycles. The fourth-order valence-corrected chi connectivity index (χ4v) is 1.78. The first-order valence-electron chi connectivity index (χ1n) is 5.89. The van der Waals surface area contributed by atoms with Gasteiger partial charge in [-0.05, 0) is 24.1 Å². The minimum Gasteiger partial charge on any atom is -0.316 e. The molecule has 0 aromatic heterocycles. The van der Waals surface area contributed by atoms with E-state index >= 15 is 0 Å². The van der Waals surface area contributed by atoms with E-state index in [0.29, 0.717) is 5.92 Å². The molecule has 0 aliphatic rings. The van der Waals surface area contributed by atoms with Gasteiger partial charge in [-0.2, -0.15) is 0 Å². The van der Waals surface area contributed by atoms with Crippen LogP contribution in [-0.4, -0.2) is 13.1 Å². The molecule has 1 nitrogen and oxygen atoms in total. The van der Waals surface area contributed by atoms with Crippen LogP contribution in [0.25, 0.3) is 0 Å². The van der Waals surface area contributed by atoms with E-state index in [0.717, 1.165) is 18.7 Å². The van der Waals surface area contributed by atoms with Gasteiger partial charge in [-0.1, -0.05) is 45.9 Å². The van der Waals surface area contributed by atoms with Crippen LogP contribution in [-0.2, 0) is 5.41 Å². The summed E-state index contributed by atoms with van der Waals surface area (Å²) in [6.45, 7) is 10.2. The van der Waals surface area contributed by atoms with Gasteiger partial charge in [0, 0.05) is 12.0 Å². The van der Waals surface area contributed by atoms with Crippen molar-refractivity contribution in [2.24, 2.45) is 5.92 Å². The molecule has 90 valence electrons. The van der Waals surface area contributed by atoms with E-state index in [1.165, 1.54) is 6.07 Å². The second-order valence-corrected chi connectivity index (χ2v) is 5.39. The van der Waals surface area contributed by atoms with Crippen molar-refractivity contribution in [3.05, 3.63) is 35.6 Å². The smallest absolute Gasteiger partial charge is 0.126 e. The molecular formula is C14H22FN. The molecule has 0 fully saturated rings. The minimum absolute atomic E-state index is 0.112. The summed E-state index contributed by atoms with van der Waals surface area (Å²) < 4.78 is 13.6. The van der Waals surface area contributed by atoms with Crippen LogP contribution in [0, 0.1) is 11.7 Å². The Morgan fingerprint density at radius 1 is 1.25 bits per heavy atom. The second-order valence-electron chi connectivity index (χ2n) is 5.39. The standard InChI is InChI=1S/C14H22FN/c1-11(2)9-16-10-14(3,4)12-7-5-6-8-13(12)15/h5-8,11,16H,9-10H2,1-4H3. The lowest BCUT2D eigenvalue weighted by Crippen LogP contribution is -2.35. The van der Waals surface area contributed by atoms with E-state index in [-0.39, 0.29) is 11.2 Å². The van der Waals surface area contributed by atoms with Crippen molar-refractivity contribution in [1.29, 1.82) is 0 Å². The topological polar surface area (TPSA) is 12.0 Å². The lowest BCUT2D eigenvalue weighted by Gasteiger charge is -2.26. The highest BCUT2D eigenvalue weighted by Gasteiger charge is 2.23. The van der Waals surface area contributed by atoms with Crippen LogP contribution >= 0.6 is 0 Å². The molecule has 16 heavy (non-hydrogen) atoms. The average Bonchev–Trinajstić information content (AvgIpc) is 2.17. The van der Waals surface area contributed by atoms with E-state index in [4.69, 9.17) is 0 Å². The summed E-state index contributed by atoms with van der Waals surface area (Å²) in [7, 11) is 0. The Morgan fingerprint density at radius 2 is 1.88 bits per heavy atom. The van der Waals surface area contributed by atoms with Gasteiger partial charge in [-0.15, -0.1) is 0 Å². The first-order chi connectivity index (χ1) is 7.43. The summed E-state index contributed by atoms with van der Waals surface area (Å²) in [4.78, 5) is 0. The van der Waals surface area contributed by atoms with Gasteiger partial charge in [0.2, 0.25) is 0 Å². The molecule has 0 aliphatic heterocycles. The molecule has 0 saturated carbocycles. The third-order valence-corrected chi connectivity index (χ3v) is 2.72. The molecule has 0 spiro atoms. The Morgan fingerprint density at radius 3 is 2.44 bits per heavy atom. The molecule has 1 N–H and O–H groups in total. The SMILES string of the molecule is CC(C)CNCC(C)(C)c1ccccc1F. The Bertz CT molecular complexity index is 331. The van der Waals surface area contributed by atoms with Crippen molar-refractivity contribution < 1.29 is 4.39 Å². The molecule has 0 saturated heterocycles. The van der Waals surface area contributed by atoms with E-state index < -0.39 is 0 Å². The highest BCUT2D eigenvalue weighted by molar-refractivity contribution is 5.25. The molecule has 0 radical (unpaired) electrons. The van der Waals surface area contributed by atoms with E-state index in [2.05, 4.69) is 33.0 Å². The average molecular weight is 223 g/mol. The summed E-state index contributed by atoms with van der Waals surface area (Å²) in [5.74, 6) is 0.510. The monoisotopic (exact) mass is 223 g/mol. The van der Waals surface area contributed by atoms with Crippen LogP contribution in [0.15, 0.2) is 24.3 Å². The molecule has 0 atom stereocenters. The highest BCUT2D eigenvalue weighted by Crippen LogP contribution is 2.24. The molecule has 1 aromatic rings. The molecule has 0 amide bonds. The lowest BCUT2D eigenvalue weighted by atomic mass is 9.84. The fraction of sp³-hybridized carbons (Fsp3) is 0.571. The minimum atomic E-state index is -0.166. The van der Waals surface area contributed by atoms with Crippen molar-refractivity contribution in [2.75, 3.05) is 13.1 Å². The van der Waals surface area contributed by atoms with Crippen molar-refractivity contribution in [3.8, 4) is 0 Å². The normalized spacial score (nSPS) is 12.1. The second kappa shape index (κ2) is 5.44. The van der Waals surface area contributed by atoms with Gasteiger partial charge >= 0.3 is 0 Å². The number of benzene rings is 1. The van der Waals surface area contributed by atoms with Crippen LogP contribution in [0.3, 0.4) is 0 Å². The summed E-state index contributed by atoms with van der Waals surface area (Å²) in [6, 6.07) is 7.02. The quantitative estimate of drug-likeness (QED) is 0.807. The summed E-state index contributed by atoms with van der Waals surface area (Å²) in [5.41, 5.74) is 0.617. The molecule has 2 heteroatoms. The number of rotatable bonds is 5. The van der Waals surface area contributed by atoms with Crippen LogP contribution in [0.4, 0.5) is 4.39 Å². The van der Waals surface area contributed by atoms with E-state index in [1.54, 1.807) is 6.07 Å². The maximum absolute atomic E-state index is 13.6. The summed E-state index contributed by atoms with van der Waals surface area (Å²) in [5, 5.41) is 3.38. The first-order valence-corrected chi connectivity index (χ1v) is 5.89. The number of hydrogen-bond acceptors (Lipinski definition) is 1. The van der Waals surface area contributed by atoms with Gasteiger partial charge in [0.1, 0.15) is 5.82 Å². The Labute approximate surface area is 98.1 Å². The van der Waals surface area contributed by atoms with Gasteiger partial charge in [0.25, 0.3) is 0 Å². The van der Waals surface area contributed by atoms with Crippen molar-refractivity contribution >= 4 is 0 Å². The maximum atomic E-state index is 13.6. The zero-order valence-corrected chi connectivity index (χ0v) is 10.7. The van der Waals surface area contributed by atoms with Gasteiger partial charge in [-0.3, -0.25) is 0 Å². The third kappa shape index (κ3) is 3.60. The largest absolute Gasteiger partial charge is 0.316 e. The number of nitrogens with one attached hydrogen (secondary N) is 1. The molecule has 0 aliphatic carbocycles. The first kappa shape index (κ1) is 13.2. The fourth-order valence-electron chi connectivity index (χ4n) is 1.78. The van der Waals surface area contributed by atoms with Gasteiger partial charge in [0.15, 0.2) is 0 Å². The van der Waals surface area contributed by atoms with Crippen molar-refractivity contribution in [3.63, 3.8) is 0 Å². The molecule has 1 rings (SSSR count). The van der Waals surface area contributed by atoms with Gasteiger partial charge in [0.05, 0.1) is 0 Å². The van der Waals surface area contributed by atoms with Crippen LogP contribution in [0.2, 0.25) is 0 Å². The molecule has 0 bridgehead atoms. The van der Waals surface area contributed by atoms with Gasteiger partial charge in [-0.25, -0.2) is 4.39 Å². The Balaban J connectivity index is 2.66. The Kier molecular flexibility index (Phi) is 4.48. The van der Waals surface area contributed by atoms with Crippen LogP contribution in [0.1, 0.15) is 33.3 Å². The van der Waals surface area contributed by atoms with Crippen LogP contribution in [0.5, 0.6) is 0 Å². The zero-order chi connectivity index (χ0) is 12.2. The van der Waals surface area contributed by atoms with E-state index in [1.807, 2.05) is 12.1 Å². The molecule has 0 unspecified atom stereocenters. The molecular weight excluding hydrogens is 201 g/mol. The zero-order valence-electron chi connectivity index (χ0n) is 10.7. The highest BCUT2D eigenvalue weighted by atomic mass is 19.1. The molecule has 1 aromatic carbocycles. The maximum Gasteiger partial charge on any atom is 0.126 e. The van der Waals surface area contributed by atoms with Crippen molar-refractivity contribution in [1.82, 2.24) is 5.32 Å². The summed E-state index contributed by atoms with van der Waals surface area (Å²) in [6.07, 6.45) is 0. The third-order valence-electron chi connectivity index (χ3n) is 2.72. The van der Waals surface area contributed by atoms with E-state index in [9.17, 15) is 4.39 Å². The van der Waals surface area contributed by atoms with Crippen molar-refractivity contribution in [2.45, 2.75) is 33.1 Å². The predicted molar refractivity (Wildman–Crippen MR) is 67.1 cm³/mol. The summed E-state index contributed by atoms with van der Waals surface area (Å²) >= 11 is 0. The van der Waals surface area contributed by atoms with Gasteiger partial charge < -0.3 is 5.32 Å². The predicted octanol–water partition coefficient (Wildman–Crippen LogP) is 3.35. The number of halogens is 1. The van der Waals surface area contributed by atoms with Crippen LogP contribution < -0.4 is 5.32 Å². The lowest BCUT2D eigenvalue weighted by molar-refractivity contribution is 0.426. The number of hydrogen-bond donors (Lipinski definition) is 1.